The molecule has 8 heteroatoms. The molecule has 0 radical (unpaired) electrons. The minimum Gasteiger partial charge on any atom is -0.353 e. The van der Waals surface area contributed by atoms with Crippen molar-refractivity contribution in [1.29, 1.82) is 0 Å². The molecule has 1 fully saturated rings. The maximum atomic E-state index is 12.8. The third-order valence-electron chi connectivity index (χ3n) is 4.96. The van der Waals surface area contributed by atoms with Crippen molar-refractivity contribution in [2.45, 2.75) is 32.7 Å². The van der Waals surface area contributed by atoms with Crippen LogP contribution < -0.4 is 10.6 Å². The van der Waals surface area contributed by atoms with Crippen molar-refractivity contribution in [2.75, 3.05) is 33.7 Å². The molecule has 0 spiro atoms. The maximum Gasteiger partial charge on any atom is 0.225 e. The lowest BCUT2D eigenvalue weighted by atomic mass is 9.83. The Morgan fingerprint density at radius 2 is 2.08 bits per heavy atom. The molecule has 6 nitrogen and oxygen atoms in total. The van der Waals surface area contributed by atoms with Crippen LogP contribution in [0.25, 0.3) is 0 Å². The van der Waals surface area contributed by atoms with E-state index in [9.17, 15) is 4.79 Å². The van der Waals surface area contributed by atoms with E-state index in [2.05, 4.69) is 55.5 Å². The zero-order valence-electron chi connectivity index (χ0n) is 16.1. The van der Waals surface area contributed by atoms with E-state index in [1.807, 2.05) is 19.4 Å². The summed E-state index contributed by atoms with van der Waals surface area (Å²) in [6.07, 6.45) is 3.88. The van der Waals surface area contributed by atoms with Crippen LogP contribution in [0.3, 0.4) is 0 Å². The Bertz CT molecular complexity index is 547. The highest BCUT2D eigenvalue weighted by Gasteiger charge is 2.37. The molecule has 1 aliphatic heterocycles. The molecule has 1 aliphatic rings. The van der Waals surface area contributed by atoms with Crippen LogP contribution in [0.1, 0.15) is 32.3 Å². The number of halogens is 2. The zero-order valence-corrected chi connectivity index (χ0v) is 17.7. The summed E-state index contributed by atoms with van der Waals surface area (Å²) in [5.41, 5.74) is 1.16. The lowest BCUT2D eigenvalue weighted by molar-refractivity contribution is -0.126. The van der Waals surface area contributed by atoms with Crippen LogP contribution in [0, 0.1) is 11.3 Å². The van der Waals surface area contributed by atoms with Crippen molar-refractivity contribution in [2.24, 2.45) is 18.4 Å². The molecule has 3 atom stereocenters. The van der Waals surface area contributed by atoms with Crippen molar-refractivity contribution in [3.05, 3.63) is 18.0 Å². The fourth-order valence-electron chi connectivity index (χ4n) is 3.40. The van der Waals surface area contributed by atoms with Gasteiger partial charge in [-0.15, -0.1) is 24.8 Å². The Balaban J connectivity index is 0.00000288. The SMILES string of the molecule is CC(NC(=O)[C@H]1CNC[C@@H]1c1cnn(C)c1)C(C)(C)CN(C)C.Cl.Cl. The molecule has 0 aromatic carbocycles. The number of aryl methyl sites for hydroxylation is 1. The number of aromatic nitrogens is 2. The van der Waals surface area contributed by atoms with Gasteiger partial charge in [0.25, 0.3) is 0 Å². The maximum absolute atomic E-state index is 12.8. The fraction of sp³-hybridized carbons (Fsp3) is 0.765. The molecular weight excluding hydrogens is 361 g/mol. The van der Waals surface area contributed by atoms with Crippen molar-refractivity contribution in [3.8, 4) is 0 Å². The van der Waals surface area contributed by atoms with E-state index >= 15 is 0 Å². The van der Waals surface area contributed by atoms with Gasteiger partial charge in [-0.25, -0.2) is 0 Å². The van der Waals surface area contributed by atoms with Crippen LogP contribution >= 0.6 is 24.8 Å². The summed E-state index contributed by atoms with van der Waals surface area (Å²) in [6.45, 7) is 8.99. The van der Waals surface area contributed by atoms with Crippen LogP contribution in [0.5, 0.6) is 0 Å². The Hall–Kier alpha value is -0.820. The average Bonchev–Trinajstić information content (AvgIpc) is 3.04. The van der Waals surface area contributed by atoms with Crippen LogP contribution in [0.2, 0.25) is 0 Å². The molecule has 25 heavy (non-hydrogen) atoms. The van der Waals surface area contributed by atoms with Crippen molar-refractivity contribution in [3.63, 3.8) is 0 Å². The van der Waals surface area contributed by atoms with Gasteiger partial charge in [0.1, 0.15) is 0 Å². The molecule has 0 bridgehead atoms. The second kappa shape index (κ2) is 9.76. The topological polar surface area (TPSA) is 62.2 Å². The van der Waals surface area contributed by atoms with Gasteiger partial charge in [0.15, 0.2) is 0 Å². The standard InChI is InChI=1S/C17H31N5O.2ClH/c1-12(17(2,3)11-21(4)5)20-16(23)15-9-18-8-14(15)13-7-19-22(6)10-13;;/h7,10,12,14-15,18H,8-9,11H2,1-6H3,(H,20,23);2*1H/t12?,14-,15+;;/m1../s1. The van der Waals surface area contributed by atoms with Crippen LogP contribution in [-0.2, 0) is 11.8 Å². The van der Waals surface area contributed by atoms with E-state index in [1.165, 1.54) is 0 Å². The minimum absolute atomic E-state index is 0. The first-order valence-corrected chi connectivity index (χ1v) is 8.35. The first kappa shape index (κ1) is 24.2. The molecule has 1 unspecified atom stereocenters. The molecule has 2 heterocycles. The van der Waals surface area contributed by atoms with Gasteiger partial charge in [-0.3, -0.25) is 9.48 Å². The second-order valence-corrected chi connectivity index (χ2v) is 7.78. The van der Waals surface area contributed by atoms with Gasteiger partial charge in [0, 0.05) is 44.8 Å². The van der Waals surface area contributed by atoms with E-state index < -0.39 is 0 Å². The van der Waals surface area contributed by atoms with Gasteiger partial charge in [-0.1, -0.05) is 13.8 Å². The highest BCUT2D eigenvalue weighted by atomic mass is 35.5. The number of carbonyl (C=O) groups is 1. The predicted octanol–water partition coefficient (Wildman–Crippen LogP) is 1.66. The van der Waals surface area contributed by atoms with Crippen molar-refractivity contribution >= 4 is 30.7 Å². The molecule has 1 aromatic rings. The predicted molar refractivity (Wildman–Crippen MR) is 107 cm³/mol. The second-order valence-electron chi connectivity index (χ2n) is 7.78. The van der Waals surface area contributed by atoms with Crippen molar-refractivity contribution in [1.82, 2.24) is 25.3 Å². The van der Waals surface area contributed by atoms with E-state index in [0.717, 1.165) is 25.2 Å². The van der Waals surface area contributed by atoms with Crippen LogP contribution in [0.4, 0.5) is 0 Å². The molecule has 2 N–H and O–H groups in total. The highest BCUT2D eigenvalue weighted by Crippen LogP contribution is 2.29. The third-order valence-corrected chi connectivity index (χ3v) is 4.96. The van der Waals surface area contributed by atoms with Gasteiger partial charge in [-0.05, 0) is 32.0 Å². The van der Waals surface area contributed by atoms with Gasteiger partial charge >= 0.3 is 0 Å². The van der Waals surface area contributed by atoms with E-state index in [1.54, 1.807) is 4.68 Å². The summed E-state index contributed by atoms with van der Waals surface area (Å²) in [4.78, 5) is 15.0. The number of hydrogen-bond donors (Lipinski definition) is 2. The Morgan fingerprint density at radius 1 is 1.44 bits per heavy atom. The number of nitrogens with zero attached hydrogens (tertiary/aromatic N) is 3. The number of nitrogens with one attached hydrogen (secondary N) is 2. The number of hydrogen-bond acceptors (Lipinski definition) is 4. The molecule has 146 valence electrons. The van der Waals surface area contributed by atoms with Crippen molar-refractivity contribution < 1.29 is 4.79 Å². The molecule has 0 aliphatic carbocycles. The average molecular weight is 394 g/mol. The summed E-state index contributed by atoms with van der Waals surface area (Å²) >= 11 is 0. The van der Waals surface area contributed by atoms with E-state index in [0.29, 0.717) is 0 Å². The van der Waals surface area contributed by atoms with Crippen LogP contribution in [-0.4, -0.2) is 60.4 Å². The smallest absolute Gasteiger partial charge is 0.225 e. The normalized spacial score (nSPS) is 21.4. The Morgan fingerprint density at radius 3 is 2.60 bits per heavy atom. The molecular formula is C17H33Cl2N5O. The highest BCUT2D eigenvalue weighted by molar-refractivity contribution is 5.85. The van der Waals surface area contributed by atoms with E-state index in [-0.39, 0.29) is 54.0 Å². The lowest BCUT2D eigenvalue weighted by Crippen LogP contribution is -2.49. The monoisotopic (exact) mass is 393 g/mol. The largest absolute Gasteiger partial charge is 0.353 e. The number of carbonyl (C=O) groups excluding carboxylic acids is 1. The van der Waals surface area contributed by atoms with Gasteiger partial charge in [-0.2, -0.15) is 5.10 Å². The summed E-state index contributed by atoms with van der Waals surface area (Å²) in [6, 6.07) is 0.118. The van der Waals surface area contributed by atoms with Gasteiger partial charge in [0.05, 0.1) is 12.1 Å². The summed E-state index contributed by atoms with van der Waals surface area (Å²) in [7, 11) is 6.04. The quantitative estimate of drug-likeness (QED) is 0.771. The minimum atomic E-state index is -0.0307. The molecule has 1 saturated heterocycles. The Labute approximate surface area is 163 Å². The molecule has 2 rings (SSSR count). The van der Waals surface area contributed by atoms with Gasteiger partial charge in [0.2, 0.25) is 5.91 Å². The molecule has 1 amide bonds. The summed E-state index contributed by atoms with van der Waals surface area (Å²) < 4.78 is 1.80. The summed E-state index contributed by atoms with van der Waals surface area (Å²) in [5.74, 6) is 0.313. The number of amides is 1. The van der Waals surface area contributed by atoms with Crippen LogP contribution in [0.15, 0.2) is 12.4 Å². The molecule has 1 aromatic heterocycles. The first-order valence-electron chi connectivity index (χ1n) is 8.35. The first-order chi connectivity index (χ1) is 10.7. The summed E-state index contributed by atoms with van der Waals surface area (Å²) in [5, 5.41) is 10.8. The number of rotatable bonds is 6. The molecule has 0 saturated carbocycles. The lowest BCUT2D eigenvalue weighted by Gasteiger charge is -2.35. The van der Waals surface area contributed by atoms with E-state index in [4.69, 9.17) is 0 Å². The zero-order chi connectivity index (χ0) is 17.2. The third kappa shape index (κ3) is 6.13. The fourth-order valence-corrected chi connectivity index (χ4v) is 3.40. The Kier molecular flexibility index (Phi) is 9.44. The van der Waals surface area contributed by atoms with Gasteiger partial charge < -0.3 is 15.5 Å².